The maximum atomic E-state index is 12.3. The Morgan fingerprint density at radius 3 is 2.53 bits per heavy atom. The molecule has 0 spiro atoms. The summed E-state index contributed by atoms with van der Waals surface area (Å²) in [5, 5.41) is 3.04. The summed E-state index contributed by atoms with van der Waals surface area (Å²) in [4.78, 5) is 17.2. The number of aryl methyl sites for hydroxylation is 2. The molecule has 0 saturated heterocycles. The number of nitrogens with zero attached hydrogens (tertiary/aromatic N) is 2. The van der Waals surface area contributed by atoms with Crippen molar-refractivity contribution in [3.05, 3.63) is 101 Å². The Balaban J connectivity index is 1.35. The molecule has 1 unspecified atom stereocenters. The lowest BCUT2D eigenvalue weighted by Gasteiger charge is -2.18. The Hall–Kier alpha value is -3.40. The number of imidazole rings is 1. The molecule has 1 aromatic heterocycles. The van der Waals surface area contributed by atoms with Crippen LogP contribution in [0.3, 0.4) is 0 Å². The van der Waals surface area contributed by atoms with Crippen molar-refractivity contribution in [2.75, 3.05) is 6.54 Å². The zero-order valence-corrected chi connectivity index (χ0v) is 18.9. The van der Waals surface area contributed by atoms with E-state index in [0.29, 0.717) is 6.54 Å². The second-order valence-corrected chi connectivity index (χ2v) is 8.41. The standard InChI is InChI=1S/C28H31N3O/c1-21-12-11-15-24(20-21)28(32)29-19-10-4-7-18-27-30-25-16-8-9-17-26(25)31(27)22(2)23-13-5-3-6-14-23/h3,5-6,8-9,11-17,20,22H,4,7,10,18-19H2,1-2H3,(H,29,32). The molecule has 32 heavy (non-hydrogen) atoms. The van der Waals surface area contributed by atoms with Crippen LogP contribution < -0.4 is 5.32 Å². The van der Waals surface area contributed by atoms with Crippen molar-refractivity contribution in [2.24, 2.45) is 0 Å². The molecule has 4 heteroatoms. The summed E-state index contributed by atoms with van der Waals surface area (Å²) in [6.45, 7) is 4.94. The predicted molar refractivity (Wildman–Crippen MR) is 131 cm³/mol. The van der Waals surface area contributed by atoms with Gasteiger partial charge in [-0.15, -0.1) is 0 Å². The zero-order chi connectivity index (χ0) is 22.3. The highest BCUT2D eigenvalue weighted by Gasteiger charge is 2.16. The van der Waals surface area contributed by atoms with E-state index in [1.165, 1.54) is 11.1 Å². The predicted octanol–water partition coefficient (Wildman–Crippen LogP) is 6.10. The molecule has 1 amide bonds. The van der Waals surface area contributed by atoms with Crippen LogP contribution in [0.15, 0.2) is 78.9 Å². The third-order valence-corrected chi connectivity index (χ3v) is 5.98. The SMILES string of the molecule is Cc1cccc(C(=O)NCCCCCc2nc3ccccc3n2C(C)c2ccccc2)c1. The smallest absolute Gasteiger partial charge is 0.251 e. The number of carbonyl (C=O) groups excluding carboxylic acids is 1. The van der Waals surface area contributed by atoms with E-state index in [4.69, 9.17) is 4.98 Å². The monoisotopic (exact) mass is 425 g/mol. The molecule has 0 bridgehead atoms. The first kappa shape index (κ1) is 21.8. The Kier molecular flexibility index (Phi) is 7.00. The van der Waals surface area contributed by atoms with E-state index in [1.54, 1.807) is 0 Å². The molecule has 1 heterocycles. The minimum atomic E-state index is 0.00665. The first-order valence-electron chi connectivity index (χ1n) is 11.5. The maximum absolute atomic E-state index is 12.3. The molecule has 4 rings (SSSR count). The molecular formula is C28H31N3O. The second kappa shape index (κ2) is 10.3. The highest BCUT2D eigenvalue weighted by molar-refractivity contribution is 5.94. The molecule has 1 atom stereocenters. The van der Waals surface area contributed by atoms with Gasteiger partial charge in [-0.2, -0.15) is 0 Å². The van der Waals surface area contributed by atoms with Crippen molar-refractivity contribution < 1.29 is 4.79 Å². The van der Waals surface area contributed by atoms with Crippen LogP contribution in [0.5, 0.6) is 0 Å². The number of benzene rings is 3. The minimum absolute atomic E-state index is 0.00665. The molecule has 0 radical (unpaired) electrons. The van der Waals surface area contributed by atoms with Gasteiger partial charge in [0, 0.05) is 18.5 Å². The summed E-state index contributed by atoms with van der Waals surface area (Å²) < 4.78 is 2.38. The van der Waals surface area contributed by atoms with Gasteiger partial charge in [-0.3, -0.25) is 4.79 Å². The normalized spacial score (nSPS) is 12.1. The van der Waals surface area contributed by atoms with Gasteiger partial charge in [-0.25, -0.2) is 4.98 Å². The Bertz CT molecular complexity index is 1180. The number of para-hydroxylation sites is 2. The van der Waals surface area contributed by atoms with E-state index in [9.17, 15) is 4.79 Å². The van der Waals surface area contributed by atoms with Gasteiger partial charge in [-0.1, -0.05) is 66.6 Å². The van der Waals surface area contributed by atoms with Crippen molar-refractivity contribution in [2.45, 2.75) is 45.6 Å². The van der Waals surface area contributed by atoms with E-state index >= 15 is 0 Å². The first-order chi connectivity index (χ1) is 15.6. The summed E-state index contributed by atoms with van der Waals surface area (Å²) in [5.74, 6) is 1.14. The first-order valence-corrected chi connectivity index (χ1v) is 11.5. The van der Waals surface area contributed by atoms with Crippen LogP contribution in [0, 0.1) is 6.92 Å². The van der Waals surface area contributed by atoms with Gasteiger partial charge in [0.1, 0.15) is 5.82 Å². The van der Waals surface area contributed by atoms with Gasteiger partial charge in [-0.05, 0) is 56.5 Å². The van der Waals surface area contributed by atoms with Gasteiger partial charge >= 0.3 is 0 Å². The van der Waals surface area contributed by atoms with Gasteiger partial charge < -0.3 is 9.88 Å². The van der Waals surface area contributed by atoms with Crippen LogP contribution in [0.4, 0.5) is 0 Å². The number of unbranched alkanes of at least 4 members (excludes halogenated alkanes) is 2. The average molecular weight is 426 g/mol. The van der Waals surface area contributed by atoms with Crippen molar-refractivity contribution in [1.29, 1.82) is 0 Å². The summed E-state index contributed by atoms with van der Waals surface area (Å²) in [5.41, 5.74) is 5.36. The fourth-order valence-electron chi connectivity index (χ4n) is 4.26. The van der Waals surface area contributed by atoms with Gasteiger partial charge in [0.25, 0.3) is 5.91 Å². The summed E-state index contributed by atoms with van der Waals surface area (Å²) in [7, 11) is 0. The van der Waals surface area contributed by atoms with Crippen molar-refractivity contribution in [3.8, 4) is 0 Å². The van der Waals surface area contributed by atoms with Crippen LogP contribution in [0.1, 0.15) is 59.5 Å². The Labute approximate surface area is 190 Å². The fraction of sp³-hybridized carbons (Fsp3) is 0.286. The summed E-state index contributed by atoms with van der Waals surface area (Å²) in [6.07, 6.45) is 3.99. The topological polar surface area (TPSA) is 46.9 Å². The highest BCUT2D eigenvalue weighted by Crippen LogP contribution is 2.26. The lowest BCUT2D eigenvalue weighted by Crippen LogP contribution is -2.24. The molecule has 0 aliphatic heterocycles. The van der Waals surface area contributed by atoms with Crippen LogP contribution in [0.25, 0.3) is 11.0 Å². The molecule has 0 saturated carbocycles. The number of aromatic nitrogens is 2. The third-order valence-electron chi connectivity index (χ3n) is 5.98. The quantitative estimate of drug-likeness (QED) is 0.330. The Morgan fingerprint density at radius 1 is 0.938 bits per heavy atom. The minimum Gasteiger partial charge on any atom is -0.352 e. The molecule has 4 aromatic rings. The molecule has 164 valence electrons. The number of hydrogen-bond acceptors (Lipinski definition) is 2. The number of amides is 1. The van der Waals surface area contributed by atoms with E-state index < -0.39 is 0 Å². The lowest BCUT2D eigenvalue weighted by atomic mass is 10.1. The van der Waals surface area contributed by atoms with Crippen LogP contribution >= 0.6 is 0 Å². The molecule has 4 nitrogen and oxygen atoms in total. The fourth-order valence-corrected chi connectivity index (χ4v) is 4.26. The summed E-state index contributed by atoms with van der Waals surface area (Å²) >= 11 is 0. The van der Waals surface area contributed by atoms with Gasteiger partial charge in [0.2, 0.25) is 0 Å². The molecule has 0 aliphatic carbocycles. The maximum Gasteiger partial charge on any atom is 0.251 e. The van der Waals surface area contributed by atoms with Crippen LogP contribution in [-0.2, 0) is 6.42 Å². The lowest BCUT2D eigenvalue weighted by molar-refractivity contribution is 0.0953. The van der Waals surface area contributed by atoms with E-state index in [2.05, 4.69) is 65.3 Å². The van der Waals surface area contributed by atoms with E-state index in [0.717, 1.165) is 48.2 Å². The van der Waals surface area contributed by atoms with Gasteiger partial charge in [0.15, 0.2) is 0 Å². The molecule has 1 N–H and O–H groups in total. The zero-order valence-electron chi connectivity index (χ0n) is 18.9. The number of hydrogen-bond donors (Lipinski definition) is 1. The van der Waals surface area contributed by atoms with Gasteiger partial charge in [0.05, 0.1) is 17.1 Å². The molecule has 0 aliphatic rings. The largest absolute Gasteiger partial charge is 0.352 e. The summed E-state index contributed by atoms with van der Waals surface area (Å²) in [6, 6.07) is 26.9. The van der Waals surface area contributed by atoms with E-state index in [-0.39, 0.29) is 11.9 Å². The number of carbonyl (C=O) groups is 1. The average Bonchev–Trinajstić information content (AvgIpc) is 3.19. The molecule has 3 aromatic carbocycles. The van der Waals surface area contributed by atoms with Crippen molar-refractivity contribution >= 4 is 16.9 Å². The number of nitrogens with one attached hydrogen (secondary N) is 1. The van der Waals surface area contributed by atoms with Crippen molar-refractivity contribution in [1.82, 2.24) is 14.9 Å². The van der Waals surface area contributed by atoms with Crippen LogP contribution in [0.2, 0.25) is 0 Å². The molecule has 0 fully saturated rings. The number of fused-ring (bicyclic) bond motifs is 1. The third kappa shape index (κ3) is 5.08. The number of rotatable bonds is 9. The highest BCUT2D eigenvalue weighted by atomic mass is 16.1. The van der Waals surface area contributed by atoms with Crippen molar-refractivity contribution in [3.63, 3.8) is 0 Å². The van der Waals surface area contributed by atoms with Crippen LogP contribution in [-0.4, -0.2) is 22.0 Å². The second-order valence-electron chi connectivity index (χ2n) is 8.41. The van der Waals surface area contributed by atoms with E-state index in [1.807, 2.05) is 37.3 Å². The Morgan fingerprint density at radius 2 is 1.72 bits per heavy atom. The molecular weight excluding hydrogens is 394 g/mol.